The van der Waals surface area contributed by atoms with E-state index in [4.69, 9.17) is 15.0 Å². The minimum Gasteiger partial charge on any atom is -0.284 e. The molecule has 0 bridgehead atoms. The minimum atomic E-state index is 0.865. The number of benzene rings is 7. The van der Waals surface area contributed by atoms with E-state index in [-0.39, 0.29) is 0 Å². The fourth-order valence-electron chi connectivity index (χ4n) is 8.68. The van der Waals surface area contributed by atoms with E-state index in [1.54, 1.807) is 0 Å². The van der Waals surface area contributed by atoms with Crippen molar-refractivity contribution in [1.82, 2.24) is 14.4 Å². The summed E-state index contributed by atoms with van der Waals surface area (Å²) >= 11 is 0. The van der Waals surface area contributed by atoms with E-state index in [0.29, 0.717) is 0 Å². The number of aliphatic imine (C=N–C) groups is 1. The molecule has 1 aliphatic rings. The molecule has 0 aliphatic carbocycles. The summed E-state index contributed by atoms with van der Waals surface area (Å²) in [6.45, 7) is 0. The predicted octanol–water partition coefficient (Wildman–Crippen LogP) is 13.8. The van der Waals surface area contributed by atoms with Crippen LogP contribution >= 0.6 is 0 Å². The normalized spacial score (nSPS) is 13.6. The SMILES string of the molecule is C1=C(c2cccc(-c3ccc(-c4nc5c(nc6ccccn65)c5ccccc45)cc3)c2)N=C(c2cccc3ccccc23)CCCC=C1c1cccc2ccccc12. The zero-order chi connectivity index (χ0) is 38.4. The molecule has 0 radical (unpaired) electrons. The monoisotopic (exact) mass is 742 g/mol. The first kappa shape index (κ1) is 33.9. The third-order valence-corrected chi connectivity index (χ3v) is 11.5. The highest BCUT2D eigenvalue weighted by Crippen LogP contribution is 2.36. The fraction of sp³-hybridized carbons (Fsp3) is 0.0556. The molecular weight excluding hydrogens is 705 g/mol. The molecule has 1 aliphatic heterocycles. The van der Waals surface area contributed by atoms with Gasteiger partial charge in [0.1, 0.15) is 11.2 Å². The number of pyridine rings is 2. The summed E-state index contributed by atoms with van der Waals surface area (Å²) < 4.78 is 2.08. The summed E-state index contributed by atoms with van der Waals surface area (Å²) in [5.41, 5.74) is 13.8. The van der Waals surface area contributed by atoms with Crippen molar-refractivity contribution < 1.29 is 0 Å². The Hall–Kier alpha value is -7.43. The molecule has 0 saturated carbocycles. The molecule has 10 aromatic rings. The van der Waals surface area contributed by atoms with Gasteiger partial charge in [0.25, 0.3) is 0 Å². The molecule has 7 aromatic carbocycles. The molecule has 0 unspecified atom stereocenters. The number of hydrogen-bond acceptors (Lipinski definition) is 3. The number of hydrogen-bond donors (Lipinski definition) is 0. The highest BCUT2D eigenvalue weighted by molar-refractivity contribution is 6.13. The summed E-state index contributed by atoms with van der Waals surface area (Å²) in [7, 11) is 0. The first-order valence-electron chi connectivity index (χ1n) is 20.1. The lowest BCUT2D eigenvalue weighted by Crippen LogP contribution is -2.03. The molecule has 4 heterocycles. The van der Waals surface area contributed by atoms with Gasteiger partial charge in [0.15, 0.2) is 5.65 Å². The third-order valence-electron chi connectivity index (χ3n) is 11.5. The van der Waals surface area contributed by atoms with Crippen LogP contribution in [-0.2, 0) is 0 Å². The lowest BCUT2D eigenvalue weighted by Gasteiger charge is -2.13. The molecule has 3 aromatic heterocycles. The number of rotatable bonds is 5. The Kier molecular flexibility index (Phi) is 8.32. The summed E-state index contributed by atoms with van der Waals surface area (Å²) in [6.07, 6.45) is 9.62. The highest BCUT2D eigenvalue weighted by Gasteiger charge is 2.17. The van der Waals surface area contributed by atoms with Crippen molar-refractivity contribution in [2.45, 2.75) is 19.3 Å². The molecule has 0 saturated heterocycles. The van der Waals surface area contributed by atoms with Gasteiger partial charge in [-0.1, -0.05) is 164 Å². The van der Waals surface area contributed by atoms with Crippen LogP contribution in [0.3, 0.4) is 0 Å². The maximum Gasteiger partial charge on any atom is 0.165 e. The molecule has 0 fully saturated rings. The van der Waals surface area contributed by atoms with Gasteiger partial charge in [0.2, 0.25) is 0 Å². The molecule has 58 heavy (non-hydrogen) atoms. The van der Waals surface area contributed by atoms with Crippen LogP contribution in [0.25, 0.3) is 82.8 Å². The molecular formula is C54H38N4. The van der Waals surface area contributed by atoms with Gasteiger partial charge in [-0.25, -0.2) is 9.97 Å². The topological polar surface area (TPSA) is 42.5 Å². The van der Waals surface area contributed by atoms with Crippen molar-refractivity contribution in [3.05, 3.63) is 211 Å². The van der Waals surface area contributed by atoms with E-state index in [0.717, 1.165) is 86.2 Å². The lowest BCUT2D eigenvalue weighted by molar-refractivity contribution is 0.896. The zero-order valence-electron chi connectivity index (χ0n) is 31.9. The van der Waals surface area contributed by atoms with Crippen LogP contribution in [-0.4, -0.2) is 20.1 Å². The molecule has 4 nitrogen and oxygen atoms in total. The second-order valence-electron chi connectivity index (χ2n) is 15.1. The maximum absolute atomic E-state index is 5.62. The van der Waals surface area contributed by atoms with Crippen molar-refractivity contribution in [2.24, 2.45) is 4.99 Å². The summed E-state index contributed by atoms with van der Waals surface area (Å²) in [4.78, 5) is 15.8. The van der Waals surface area contributed by atoms with Crippen LogP contribution in [0.4, 0.5) is 0 Å². The second-order valence-corrected chi connectivity index (χ2v) is 15.1. The van der Waals surface area contributed by atoms with Gasteiger partial charge in [-0.05, 0) is 87.3 Å². The van der Waals surface area contributed by atoms with E-state index in [2.05, 4.69) is 174 Å². The van der Waals surface area contributed by atoms with Crippen molar-refractivity contribution in [3.63, 3.8) is 0 Å². The quantitative estimate of drug-likeness (QED) is 0.176. The maximum atomic E-state index is 5.62. The Balaban J connectivity index is 1.03. The number of fused-ring (bicyclic) bond motifs is 7. The summed E-state index contributed by atoms with van der Waals surface area (Å²) in [6, 6.07) is 62.7. The van der Waals surface area contributed by atoms with Crippen LogP contribution in [0.5, 0.6) is 0 Å². The van der Waals surface area contributed by atoms with Gasteiger partial charge in [0.05, 0.1) is 11.4 Å². The van der Waals surface area contributed by atoms with Crippen LogP contribution in [0, 0.1) is 0 Å². The fourth-order valence-corrected chi connectivity index (χ4v) is 8.68. The minimum absolute atomic E-state index is 0.865. The van der Waals surface area contributed by atoms with Crippen molar-refractivity contribution in [3.8, 4) is 22.4 Å². The summed E-state index contributed by atoms with van der Waals surface area (Å²) in [5, 5.41) is 7.15. The number of nitrogens with zero attached hydrogens (tertiary/aromatic N) is 4. The van der Waals surface area contributed by atoms with E-state index in [1.807, 2.05) is 24.4 Å². The average Bonchev–Trinajstić information content (AvgIpc) is 3.72. The Labute approximate surface area is 336 Å². The largest absolute Gasteiger partial charge is 0.284 e. The molecule has 0 N–H and O–H groups in total. The van der Waals surface area contributed by atoms with Crippen LogP contribution in [0.2, 0.25) is 0 Å². The highest BCUT2D eigenvalue weighted by atomic mass is 15.1. The first-order valence-corrected chi connectivity index (χ1v) is 20.1. The van der Waals surface area contributed by atoms with E-state index in [1.165, 1.54) is 38.2 Å². The van der Waals surface area contributed by atoms with Crippen molar-refractivity contribution in [2.75, 3.05) is 0 Å². The van der Waals surface area contributed by atoms with Crippen LogP contribution in [0.15, 0.2) is 199 Å². The van der Waals surface area contributed by atoms with Gasteiger partial charge in [0, 0.05) is 39.4 Å². The van der Waals surface area contributed by atoms with Crippen molar-refractivity contribution in [1.29, 1.82) is 0 Å². The number of imidazole rings is 1. The third kappa shape index (κ3) is 5.98. The van der Waals surface area contributed by atoms with Gasteiger partial charge in [-0.2, -0.15) is 0 Å². The van der Waals surface area contributed by atoms with Crippen LogP contribution < -0.4 is 0 Å². The Morgan fingerprint density at radius 3 is 1.93 bits per heavy atom. The van der Waals surface area contributed by atoms with Gasteiger partial charge >= 0.3 is 0 Å². The van der Waals surface area contributed by atoms with E-state index in [9.17, 15) is 0 Å². The number of allylic oxidation sites excluding steroid dienone is 3. The molecule has 11 rings (SSSR count). The summed E-state index contributed by atoms with van der Waals surface area (Å²) in [5.74, 6) is 0. The average molecular weight is 743 g/mol. The predicted molar refractivity (Wildman–Crippen MR) is 243 cm³/mol. The first-order chi connectivity index (χ1) is 28.7. The zero-order valence-corrected chi connectivity index (χ0v) is 31.9. The molecule has 0 atom stereocenters. The molecule has 0 amide bonds. The standard InChI is InChI=1S/C54H38N4/c1-4-21-43-37(14-1)17-12-25-45(43)41-16-3-8-27-49(46-26-13-18-38-15-2-5-22-44(38)46)55-50(35-41)42-20-11-19-40(34-42)36-29-31-39(32-30-36)52-47-23-6-7-24-48(47)53-54(57-52)58-33-10-9-28-51(58)56-53/h1-2,4-7,9-26,28-35H,3,8,27H2. The molecule has 4 heteroatoms. The van der Waals surface area contributed by atoms with Gasteiger partial charge in [-0.3, -0.25) is 9.39 Å². The molecule has 0 spiro atoms. The van der Waals surface area contributed by atoms with E-state index >= 15 is 0 Å². The van der Waals surface area contributed by atoms with Crippen molar-refractivity contribution >= 4 is 66.1 Å². The smallest absolute Gasteiger partial charge is 0.165 e. The Bertz CT molecular complexity index is 3300. The van der Waals surface area contributed by atoms with Gasteiger partial charge in [-0.15, -0.1) is 0 Å². The Morgan fingerprint density at radius 1 is 0.483 bits per heavy atom. The van der Waals surface area contributed by atoms with E-state index < -0.39 is 0 Å². The van der Waals surface area contributed by atoms with Crippen LogP contribution in [0.1, 0.15) is 36.0 Å². The molecule has 274 valence electrons. The Morgan fingerprint density at radius 2 is 1.12 bits per heavy atom. The lowest BCUT2D eigenvalue weighted by atomic mass is 9.95. The number of aromatic nitrogens is 3. The second kappa shape index (κ2) is 14.3. The van der Waals surface area contributed by atoms with Gasteiger partial charge < -0.3 is 0 Å².